The van der Waals surface area contributed by atoms with Gasteiger partial charge < -0.3 is 9.47 Å². The summed E-state index contributed by atoms with van der Waals surface area (Å²) in [7, 11) is 0. The second-order valence-corrected chi connectivity index (χ2v) is 4.58. The number of hydrogen-bond donors (Lipinski definition) is 0. The van der Waals surface area contributed by atoms with Crippen LogP contribution in [0.2, 0.25) is 0 Å². The molecule has 0 amide bonds. The van der Waals surface area contributed by atoms with E-state index in [4.69, 9.17) is 9.47 Å². The third-order valence-corrected chi connectivity index (χ3v) is 3.22. The van der Waals surface area contributed by atoms with E-state index in [9.17, 15) is 0 Å². The second-order valence-electron chi connectivity index (χ2n) is 4.58. The molecule has 0 spiro atoms. The number of ether oxygens (including phenoxy) is 2. The molecule has 0 N–H and O–H groups in total. The van der Waals surface area contributed by atoms with E-state index >= 15 is 0 Å². The van der Waals surface area contributed by atoms with Crippen molar-refractivity contribution in [2.24, 2.45) is 0 Å². The van der Waals surface area contributed by atoms with E-state index in [0.717, 1.165) is 13.2 Å². The molecule has 0 radical (unpaired) electrons. The van der Waals surface area contributed by atoms with Gasteiger partial charge in [0.05, 0.1) is 13.2 Å². The zero-order chi connectivity index (χ0) is 9.81. The van der Waals surface area contributed by atoms with Gasteiger partial charge in [-0.25, -0.2) is 0 Å². The van der Waals surface area contributed by atoms with Crippen molar-refractivity contribution in [3.63, 3.8) is 0 Å². The highest BCUT2D eigenvalue weighted by atomic mass is 16.6. The third kappa shape index (κ3) is 1.11. The first-order valence-electron chi connectivity index (χ1n) is 5.02. The summed E-state index contributed by atoms with van der Waals surface area (Å²) in [5.74, 6) is 0. The fourth-order valence-electron chi connectivity index (χ4n) is 1.93. The minimum Gasteiger partial charge on any atom is -0.365 e. The van der Waals surface area contributed by atoms with Crippen molar-refractivity contribution in [1.82, 2.24) is 0 Å². The molecule has 2 unspecified atom stereocenters. The normalized spacial score (nSPS) is 39.6. The molecule has 2 nitrogen and oxygen atoms in total. The van der Waals surface area contributed by atoms with Gasteiger partial charge in [-0.3, -0.25) is 0 Å². The van der Waals surface area contributed by atoms with E-state index in [1.807, 2.05) is 0 Å². The van der Waals surface area contributed by atoms with Gasteiger partial charge in [0, 0.05) is 0 Å². The third-order valence-electron chi connectivity index (χ3n) is 3.22. The van der Waals surface area contributed by atoms with Gasteiger partial charge in [-0.1, -0.05) is 24.3 Å². The van der Waals surface area contributed by atoms with Gasteiger partial charge in [0.15, 0.2) is 0 Å². The molecule has 0 aliphatic carbocycles. The Bertz CT molecular complexity index is 339. The van der Waals surface area contributed by atoms with E-state index < -0.39 is 0 Å². The highest BCUT2D eigenvalue weighted by molar-refractivity contribution is 5.40. The highest BCUT2D eigenvalue weighted by Gasteiger charge is 2.49. The van der Waals surface area contributed by atoms with Crippen molar-refractivity contribution in [3.8, 4) is 0 Å². The average Bonchev–Trinajstić information content (AvgIpc) is 3.08. The molecular weight excluding hydrogens is 176 g/mol. The number of rotatable bonds is 2. The first kappa shape index (κ1) is 8.45. The van der Waals surface area contributed by atoms with Crippen LogP contribution in [-0.4, -0.2) is 13.2 Å². The van der Waals surface area contributed by atoms with Crippen LogP contribution >= 0.6 is 0 Å². The Morgan fingerprint density at radius 2 is 1.29 bits per heavy atom. The van der Waals surface area contributed by atoms with Crippen LogP contribution in [0.5, 0.6) is 0 Å². The lowest BCUT2D eigenvalue weighted by Crippen LogP contribution is -2.13. The average molecular weight is 190 g/mol. The van der Waals surface area contributed by atoms with Crippen LogP contribution in [-0.2, 0) is 20.7 Å². The topological polar surface area (TPSA) is 25.1 Å². The molecule has 3 rings (SSSR count). The molecule has 1 aromatic rings. The van der Waals surface area contributed by atoms with E-state index in [0.29, 0.717) is 0 Å². The van der Waals surface area contributed by atoms with E-state index in [1.54, 1.807) is 0 Å². The summed E-state index contributed by atoms with van der Waals surface area (Å²) >= 11 is 0. The smallest absolute Gasteiger partial charge is 0.114 e. The molecule has 2 aliphatic heterocycles. The SMILES string of the molecule is CC1(c2ccccc2C2(C)CO2)CO1. The number of epoxide rings is 2. The lowest BCUT2D eigenvalue weighted by molar-refractivity contribution is 0.305. The highest BCUT2D eigenvalue weighted by Crippen LogP contribution is 2.47. The summed E-state index contributed by atoms with van der Waals surface area (Å²) in [4.78, 5) is 0. The van der Waals surface area contributed by atoms with Crippen LogP contribution in [0.1, 0.15) is 25.0 Å². The second kappa shape index (κ2) is 2.38. The van der Waals surface area contributed by atoms with Crippen LogP contribution in [0, 0.1) is 0 Å². The number of benzene rings is 1. The van der Waals surface area contributed by atoms with E-state index in [1.165, 1.54) is 11.1 Å². The maximum absolute atomic E-state index is 5.49. The minimum atomic E-state index is -0.0500. The van der Waals surface area contributed by atoms with Crippen molar-refractivity contribution in [3.05, 3.63) is 35.4 Å². The Morgan fingerprint density at radius 3 is 1.57 bits per heavy atom. The molecule has 0 saturated carbocycles. The maximum Gasteiger partial charge on any atom is 0.114 e. The minimum absolute atomic E-state index is 0.0500. The fraction of sp³-hybridized carbons (Fsp3) is 0.500. The molecule has 0 aromatic heterocycles. The molecule has 14 heavy (non-hydrogen) atoms. The first-order valence-corrected chi connectivity index (χ1v) is 5.02. The van der Waals surface area contributed by atoms with Gasteiger partial charge in [-0.05, 0) is 25.0 Å². The monoisotopic (exact) mass is 190 g/mol. The van der Waals surface area contributed by atoms with E-state index in [2.05, 4.69) is 38.1 Å². The predicted octanol–water partition coefficient (Wildman–Crippen LogP) is 2.18. The van der Waals surface area contributed by atoms with E-state index in [-0.39, 0.29) is 11.2 Å². The van der Waals surface area contributed by atoms with Gasteiger partial charge in [-0.15, -0.1) is 0 Å². The molecule has 1 aromatic carbocycles. The van der Waals surface area contributed by atoms with Crippen LogP contribution in [0.4, 0.5) is 0 Å². The van der Waals surface area contributed by atoms with Crippen molar-refractivity contribution in [2.45, 2.75) is 25.0 Å². The van der Waals surface area contributed by atoms with Crippen molar-refractivity contribution in [1.29, 1.82) is 0 Å². The van der Waals surface area contributed by atoms with Crippen molar-refractivity contribution >= 4 is 0 Å². The summed E-state index contributed by atoms with van der Waals surface area (Å²) in [6.45, 7) is 5.94. The Balaban J connectivity index is 2.10. The van der Waals surface area contributed by atoms with Gasteiger partial charge in [0.2, 0.25) is 0 Å². The lowest BCUT2D eigenvalue weighted by Gasteiger charge is -2.15. The molecule has 0 bridgehead atoms. The quantitative estimate of drug-likeness (QED) is 0.668. The summed E-state index contributed by atoms with van der Waals surface area (Å²) in [5.41, 5.74) is 2.48. The molecule has 2 aliphatic rings. The van der Waals surface area contributed by atoms with Crippen LogP contribution in [0.3, 0.4) is 0 Å². The van der Waals surface area contributed by atoms with Crippen LogP contribution in [0.25, 0.3) is 0 Å². The van der Waals surface area contributed by atoms with Crippen LogP contribution in [0.15, 0.2) is 24.3 Å². The Labute approximate surface area is 83.8 Å². The summed E-state index contributed by atoms with van der Waals surface area (Å²) < 4.78 is 11.0. The predicted molar refractivity (Wildman–Crippen MR) is 53.1 cm³/mol. The summed E-state index contributed by atoms with van der Waals surface area (Å²) in [6, 6.07) is 8.43. The fourth-order valence-corrected chi connectivity index (χ4v) is 1.93. The maximum atomic E-state index is 5.49. The molecule has 2 fully saturated rings. The van der Waals surface area contributed by atoms with Gasteiger partial charge in [0.1, 0.15) is 11.2 Å². The van der Waals surface area contributed by atoms with Gasteiger partial charge >= 0.3 is 0 Å². The largest absolute Gasteiger partial charge is 0.365 e. The summed E-state index contributed by atoms with van der Waals surface area (Å²) in [5, 5.41) is 0. The molecule has 2 heterocycles. The molecular formula is C12H14O2. The first-order chi connectivity index (χ1) is 6.64. The molecule has 2 heteroatoms. The Kier molecular flexibility index (Phi) is 1.44. The Morgan fingerprint density at radius 1 is 0.929 bits per heavy atom. The standard InChI is InChI=1S/C12H14O2/c1-11(7-13-11)9-5-3-4-6-10(9)12(2)8-14-12/h3-6H,7-8H2,1-2H3. The molecule has 2 saturated heterocycles. The lowest BCUT2D eigenvalue weighted by atomic mass is 9.89. The molecule has 74 valence electrons. The van der Waals surface area contributed by atoms with Crippen molar-refractivity contribution in [2.75, 3.05) is 13.2 Å². The van der Waals surface area contributed by atoms with Gasteiger partial charge in [-0.2, -0.15) is 0 Å². The molecule has 2 atom stereocenters. The Hall–Kier alpha value is -0.860. The van der Waals surface area contributed by atoms with Gasteiger partial charge in [0.25, 0.3) is 0 Å². The zero-order valence-electron chi connectivity index (χ0n) is 8.54. The summed E-state index contributed by atoms with van der Waals surface area (Å²) in [6.07, 6.45) is 0. The number of hydrogen-bond acceptors (Lipinski definition) is 2. The van der Waals surface area contributed by atoms with Crippen molar-refractivity contribution < 1.29 is 9.47 Å². The zero-order valence-corrected chi connectivity index (χ0v) is 8.54. The van der Waals surface area contributed by atoms with Crippen LogP contribution < -0.4 is 0 Å².